The van der Waals surface area contributed by atoms with Gasteiger partial charge in [-0.3, -0.25) is 4.79 Å². The molecule has 1 heterocycles. The first kappa shape index (κ1) is 14.9. The maximum atomic E-state index is 12.4. The molecule has 0 saturated heterocycles. The van der Waals surface area contributed by atoms with Crippen LogP contribution in [0, 0.1) is 11.3 Å². The SMILES string of the molecule is COc1ccc(C(=O)CC(C#N)c2ccc3c(c2)OCO3)cc1. The fourth-order valence-corrected chi connectivity index (χ4v) is 2.45. The molecule has 0 bridgehead atoms. The number of carbonyl (C=O) groups excluding carboxylic acids is 1. The molecule has 1 aliphatic heterocycles. The van der Waals surface area contributed by atoms with E-state index >= 15 is 0 Å². The van der Waals surface area contributed by atoms with Gasteiger partial charge in [0.25, 0.3) is 0 Å². The highest BCUT2D eigenvalue weighted by Gasteiger charge is 2.20. The summed E-state index contributed by atoms with van der Waals surface area (Å²) in [5.74, 6) is 1.34. The van der Waals surface area contributed by atoms with E-state index in [0.29, 0.717) is 22.8 Å². The summed E-state index contributed by atoms with van der Waals surface area (Å²) in [6.45, 7) is 0.181. The Kier molecular flexibility index (Phi) is 4.15. The van der Waals surface area contributed by atoms with Crippen LogP contribution in [0.15, 0.2) is 42.5 Å². The number of carbonyl (C=O) groups is 1. The lowest BCUT2D eigenvalue weighted by molar-refractivity contribution is 0.0979. The summed E-state index contributed by atoms with van der Waals surface area (Å²) in [6, 6.07) is 14.4. The molecule has 2 aromatic carbocycles. The van der Waals surface area contributed by atoms with Crippen LogP contribution in [0.3, 0.4) is 0 Å². The molecule has 23 heavy (non-hydrogen) atoms. The minimum Gasteiger partial charge on any atom is -0.497 e. The van der Waals surface area contributed by atoms with E-state index in [1.165, 1.54) is 0 Å². The van der Waals surface area contributed by atoms with Crippen LogP contribution in [0.2, 0.25) is 0 Å². The van der Waals surface area contributed by atoms with E-state index in [4.69, 9.17) is 14.2 Å². The summed E-state index contributed by atoms with van der Waals surface area (Å²) in [6.07, 6.45) is 0.114. The van der Waals surface area contributed by atoms with Crippen LogP contribution in [-0.2, 0) is 0 Å². The summed E-state index contributed by atoms with van der Waals surface area (Å²) in [4.78, 5) is 12.4. The van der Waals surface area contributed by atoms with Gasteiger partial charge in [-0.2, -0.15) is 5.26 Å². The first-order chi connectivity index (χ1) is 11.2. The third-order valence-corrected chi connectivity index (χ3v) is 3.76. The monoisotopic (exact) mass is 309 g/mol. The topological polar surface area (TPSA) is 68.6 Å². The van der Waals surface area contributed by atoms with Crippen LogP contribution in [0.5, 0.6) is 17.2 Å². The number of rotatable bonds is 5. The molecule has 3 rings (SSSR count). The van der Waals surface area contributed by atoms with Crippen LogP contribution in [0.1, 0.15) is 28.3 Å². The third kappa shape index (κ3) is 3.11. The summed E-state index contributed by atoms with van der Waals surface area (Å²) in [5, 5.41) is 9.41. The Balaban J connectivity index is 1.76. The van der Waals surface area contributed by atoms with Gasteiger partial charge in [0, 0.05) is 12.0 Å². The second kappa shape index (κ2) is 6.41. The Morgan fingerprint density at radius 1 is 1.22 bits per heavy atom. The van der Waals surface area contributed by atoms with Crippen molar-refractivity contribution in [2.45, 2.75) is 12.3 Å². The van der Waals surface area contributed by atoms with Crippen LogP contribution < -0.4 is 14.2 Å². The highest BCUT2D eigenvalue weighted by molar-refractivity contribution is 5.96. The lowest BCUT2D eigenvalue weighted by Gasteiger charge is -2.10. The molecule has 5 nitrogen and oxygen atoms in total. The molecule has 0 spiro atoms. The molecule has 116 valence electrons. The Morgan fingerprint density at radius 2 is 1.96 bits per heavy atom. The molecular weight excluding hydrogens is 294 g/mol. The number of methoxy groups -OCH3 is 1. The number of Topliss-reactive ketones (excluding diaryl/α,β-unsaturated/α-hetero) is 1. The molecule has 1 atom stereocenters. The second-order valence-electron chi connectivity index (χ2n) is 5.15. The summed E-state index contributed by atoms with van der Waals surface area (Å²) < 4.78 is 15.6. The predicted octanol–water partition coefficient (Wildman–Crippen LogP) is 3.30. The molecule has 2 aromatic rings. The van der Waals surface area contributed by atoms with Crippen LogP contribution in [0.4, 0.5) is 0 Å². The van der Waals surface area contributed by atoms with Crippen LogP contribution >= 0.6 is 0 Å². The van der Waals surface area contributed by atoms with Crippen molar-refractivity contribution in [3.05, 3.63) is 53.6 Å². The second-order valence-corrected chi connectivity index (χ2v) is 5.15. The average molecular weight is 309 g/mol. The summed E-state index contributed by atoms with van der Waals surface area (Å²) >= 11 is 0. The number of nitrogens with zero attached hydrogens (tertiary/aromatic N) is 1. The van der Waals surface area contributed by atoms with Gasteiger partial charge in [0.1, 0.15) is 5.75 Å². The maximum Gasteiger partial charge on any atom is 0.231 e. The van der Waals surface area contributed by atoms with Crippen LogP contribution in [-0.4, -0.2) is 19.7 Å². The van der Waals surface area contributed by atoms with Gasteiger partial charge in [-0.05, 0) is 42.0 Å². The number of fused-ring (bicyclic) bond motifs is 1. The van der Waals surface area contributed by atoms with E-state index in [1.807, 2.05) is 0 Å². The number of benzene rings is 2. The number of nitriles is 1. The third-order valence-electron chi connectivity index (χ3n) is 3.76. The Hall–Kier alpha value is -3.00. The van der Waals surface area contributed by atoms with Gasteiger partial charge < -0.3 is 14.2 Å². The number of hydrogen-bond acceptors (Lipinski definition) is 5. The zero-order valence-electron chi connectivity index (χ0n) is 12.6. The molecule has 0 aliphatic carbocycles. The van der Waals surface area contributed by atoms with E-state index in [9.17, 15) is 10.1 Å². The van der Waals surface area contributed by atoms with Crippen molar-refractivity contribution in [3.63, 3.8) is 0 Å². The van der Waals surface area contributed by atoms with E-state index in [2.05, 4.69) is 6.07 Å². The Bertz CT molecular complexity index is 762. The van der Waals surface area contributed by atoms with Crippen molar-refractivity contribution in [3.8, 4) is 23.3 Å². The van der Waals surface area contributed by atoms with Gasteiger partial charge in [0.15, 0.2) is 17.3 Å². The van der Waals surface area contributed by atoms with Crippen molar-refractivity contribution >= 4 is 5.78 Å². The van der Waals surface area contributed by atoms with Crippen molar-refractivity contribution in [2.75, 3.05) is 13.9 Å². The van der Waals surface area contributed by atoms with E-state index in [1.54, 1.807) is 49.6 Å². The van der Waals surface area contributed by atoms with Crippen molar-refractivity contribution in [1.82, 2.24) is 0 Å². The van der Waals surface area contributed by atoms with Gasteiger partial charge in [0.05, 0.1) is 19.1 Å². The predicted molar refractivity (Wildman–Crippen MR) is 82.9 cm³/mol. The molecular formula is C18H15NO4. The molecule has 0 fully saturated rings. The molecule has 0 amide bonds. The highest BCUT2D eigenvalue weighted by Crippen LogP contribution is 2.35. The largest absolute Gasteiger partial charge is 0.497 e. The standard InChI is InChI=1S/C18H15NO4/c1-21-15-5-2-12(3-6-15)16(20)8-14(10-19)13-4-7-17-18(9-13)23-11-22-17/h2-7,9,14H,8,11H2,1H3. The van der Waals surface area contributed by atoms with Gasteiger partial charge in [-0.15, -0.1) is 0 Å². The van der Waals surface area contributed by atoms with Gasteiger partial charge in [0.2, 0.25) is 6.79 Å². The fourth-order valence-electron chi connectivity index (χ4n) is 2.45. The smallest absolute Gasteiger partial charge is 0.231 e. The first-order valence-electron chi connectivity index (χ1n) is 7.17. The average Bonchev–Trinajstić information content (AvgIpc) is 3.07. The minimum absolute atomic E-state index is 0.0862. The number of hydrogen-bond donors (Lipinski definition) is 0. The number of ketones is 1. The van der Waals surface area contributed by atoms with Crippen molar-refractivity contribution < 1.29 is 19.0 Å². The first-order valence-corrected chi connectivity index (χ1v) is 7.17. The van der Waals surface area contributed by atoms with E-state index < -0.39 is 5.92 Å². The molecule has 0 radical (unpaired) electrons. The van der Waals surface area contributed by atoms with Gasteiger partial charge >= 0.3 is 0 Å². The molecule has 1 aliphatic rings. The molecule has 5 heteroatoms. The summed E-state index contributed by atoms with van der Waals surface area (Å²) in [7, 11) is 1.57. The molecule has 1 unspecified atom stereocenters. The van der Waals surface area contributed by atoms with Gasteiger partial charge in [-0.25, -0.2) is 0 Å². The summed E-state index contributed by atoms with van der Waals surface area (Å²) in [5.41, 5.74) is 1.31. The molecule has 0 aromatic heterocycles. The lowest BCUT2D eigenvalue weighted by atomic mass is 9.92. The Morgan fingerprint density at radius 3 is 2.65 bits per heavy atom. The lowest BCUT2D eigenvalue weighted by Crippen LogP contribution is -2.06. The van der Waals surface area contributed by atoms with E-state index in [0.717, 1.165) is 5.56 Å². The van der Waals surface area contributed by atoms with Crippen LogP contribution in [0.25, 0.3) is 0 Å². The maximum absolute atomic E-state index is 12.4. The fraction of sp³-hybridized carbons (Fsp3) is 0.222. The van der Waals surface area contributed by atoms with Crippen molar-refractivity contribution in [2.24, 2.45) is 0 Å². The normalized spacial score (nSPS) is 13.2. The minimum atomic E-state index is -0.529. The number of ether oxygens (including phenoxy) is 3. The zero-order valence-corrected chi connectivity index (χ0v) is 12.6. The van der Waals surface area contributed by atoms with Gasteiger partial charge in [-0.1, -0.05) is 6.07 Å². The molecule has 0 N–H and O–H groups in total. The quantitative estimate of drug-likeness (QED) is 0.793. The Labute approximate surface area is 134 Å². The zero-order chi connectivity index (χ0) is 16.2. The molecule has 0 saturated carbocycles. The van der Waals surface area contributed by atoms with E-state index in [-0.39, 0.29) is 19.0 Å². The highest BCUT2D eigenvalue weighted by atomic mass is 16.7. The van der Waals surface area contributed by atoms with Crippen molar-refractivity contribution in [1.29, 1.82) is 5.26 Å².